The highest BCUT2D eigenvalue weighted by molar-refractivity contribution is 4.89. The molecular weight excluding hydrogens is 158 g/mol. The summed E-state index contributed by atoms with van der Waals surface area (Å²) in [5.41, 5.74) is 6.44. The molecule has 0 aromatic carbocycles. The van der Waals surface area contributed by atoms with Crippen molar-refractivity contribution < 1.29 is 0 Å². The number of nitrogens with two attached hydrogens (primary N) is 1. The van der Waals surface area contributed by atoms with Crippen LogP contribution in [0.1, 0.15) is 52.9 Å². The molecule has 1 heteroatoms. The Hall–Kier alpha value is -0.0400. The Morgan fingerprint density at radius 3 is 2.62 bits per heavy atom. The van der Waals surface area contributed by atoms with Crippen LogP contribution in [0.2, 0.25) is 0 Å². The van der Waals surface area contributed by atoms with Crippen molar-refractivity contribution in [3.05, 3.63) is 0 Å². The van der Waals surface area contributed by atoms with Gasteiger partial charge in [-0.2, -0.15) is 0 Å². The Labute approximate surface area is 83.1 Å². The van der Waals surface area contributed by atoms with Crippen LogP contribution in [0, 0.1) is 17.3 Å². The maximum atomic E-state index is 5.93. The molecule has 0 spiro atoms. The molecule has 0 bridgehead atoms. The first-order valence-electron chi connectivity index (χ1n) is 5.82. The van der Waals surface area contributed by atoms with Gasteiger partial charge in [0.1, 0.15) is 0 Å². The highest BCUT2D eigenvalue weighted by Gasteiger charge is 2.36. The molecule has 0 aromatic rings. The van der Waals surface area contributed by atoms with Gasteiger partial charge in [0.2, 0.25) is 0 Å². The third-order valence-corrected chi connectivity index (χ3v) is 3.86. The van der Waals surface area contributed by atoms with E-state index >= 15 is 0 Å². The quantitative estimate of drug-likeness (QED) is 0.711. The predicted molar refractivity (Wildman–Crippen MR) is 58.6 cm³/mol. The second-order valence-electron chi connectivity index (χ2n) is 5.27. The van der Waals surface area contributed by atoms with Gasteiger partial charge in [-0.1, -0.05) is 33.6 Å². The smallest absolute Gasteiger partial charge is 0.00203 e. The van der Waals surface area contributed by atoms with E-state index in [1.165, 1.54) is 32.1 Å². The van der Waals surface area contributed by atoms with Crippen LogP contribution < -0.4 is 5.73 Å². The van der Waals surface area contributed by atoms with Crippen LogP contribution in [0.5, 0.6) is 0 Å². The first-order chi connectivity index (χ1) is 6.12. The minimum Gasteiger partial charge on any atom is -0.330 e. The Kier molecular flexibility index (Phi) is 3.78. The maximum Gasteiger partial charge on any atom is -0.00203 e. The highest BCUT2D eigenvalue weighted by atomic mass is 14.6. The third-order valence-electron chi connectivity index (χ3n) is 3.86. The van der Waals surface area contributed by atoms with Crippen LogP contribution in [0.3, 0.4) is 0 Å². The SMILES string of the molecule is CCC(C)CC1(CN)CCC(C)C1. The van der Waals surface area contributed by atoms with E-state index in [1.807, 2.05) is 0 Å². The van der Waals surface area contributed by atoms with Crippen molar-refractivity contribution in [2.45, 2.75) is 52.9 Å². The average molecular weight is 183 g/mol. The molecule has 0 heterocycles. The summed E-state index contributed by atoms with van der Waals surface area (Å²) < 4.78 is 0. The molecule has 1 rings (SSSR count). The average Bonchev–Trinajstić information content (AvgIpc) is 2.48. The number of hydrogen-bond acceptors (Lipinski definition) is 1. The van der Waals surface area contributed by atoms with E-state index < -0.39 is 0 Å². The predicted octanol–water partition coefficient (Wildman–Crippen LogP) is 3.19. The van der Waals surface area contributed by atoms with Gasteiger partial charge in [0, 0.05) is 0 Å². The van der Waals surface area contributed by atoms with E-state index in [0.717, 1.165) is 18.4 Å². The van der Waals surface area contributed by atoms with Gasteiger partial charge in [0.05, 0.1) is 0 Å². The zero-order valence-corrected chi connectivity index (χ0v) is 9.47. The molecule has 1 aliphatic carbocycles. The second-order valence-corrected chi connectivity index (χ2v) is 5.27. The summed E-state index contributed by atoms with van der Waals surface area (Å²) in [5.74, 6) is 1.77. The molecule has 3 unspecified atom stereocenters. The number of hydrogen-bond donors (Lipinski definition) is 1. The summed E-state index contributed by atoms with van der Waals surface area (Å²) in [6.07, 6.45) is 6.79. The first-order valence-corrected chi connectivity index (χ1v) is 5.82. The molecule has 1 aliphatic rings. The second kappa shape index (κ2) is 4.45. The van der Waals surface area contributed by atoms with Crippen molar-refractivity contribution in [3.63, 3.8) is 0 Å². The molecule has 1 saturated carbocycles. The van der Waals surface area contributed by atoms with Crippen LogP contribution in [0.4, 0.5) is 0 Å². The van der Waals surface area contributed by atoms with Gasteiger partial charge in [-0.25, -0.2) is 0 Å². The van der Waals surface area contributed by atoms with Gasteiger partial charge in [0.15, 0.2) is 0 Å². The molecule has 78 valence electrons. The van der Waals surface area contributed by atoms with Crippen molar-refractivity contribution >= 4 is 0 Å². The fraction of sp³-hybridized carbons (Fsp3) is 1.00. The molecular formula is C12H25N. The van der Waals surface area contributed by atoms with Gasteiger partial charge in [-0.3, -0.25) is 0 Å². The summed E-state index contributed by atoms with van der Waals surface area (Å²) in [5, 5.41) is 0. The molecule has 2 N–H and O–H groups in total. The molecule has 0 aromatic heterocycles. The third kappa shape index (κ3) is 2.70. The molecule has 1 fully saturated rings. The standard InChI is InChI=1S/C12H25N/c1-4-10(2)7-12(9-13)6-5-11(3)8-12/h10-11H,4-9,13H2,1-3H3. The van der Waals surface area contributed by atoms with Gasteiger partial charge < -0.3 is 5.73 Å². The largest absolute Gasteiger partial charge is 0.330 e. The van der Waals surface area contributed by atoms with E-state index in [-0.39, 0.29) is 0 Å². The molecule has 0 aliphatic heterocycles. The van der Waals surface area contributed by atoms with Gasteiger partial charge >= 0.3 is 0 Å². The van der Waals surface area contributed by atoms with Crippen molar-refractivity contribution in [1.82, 2.24) is 0 Å². The van der Waals surface area contributed by atoms with Crippen LogP contribution in [0.25, 0.3) is 0 Å². The van der Waals surface area contributed by atoms with Crippen molar-refractivity contribution in [1.29, 1.82) is 0 Å². The number of rotatable bonds is 4. The van der Waals surface area contributed by atoms with E-state index in [2.05, 4.69) is 20.8 Å². The minimum absolute atomic E-state index is 0.509. The van der Waals surface area contributed by atoms with Crippen LogP contribution in [-0.2, 0) is 0 Å². The summed E-state index contributed by atoms with van der Waals surface area (Å²) in [6.45, 7) is 7.92. The van der Waals surface area contributed by atoms with Crippen LogP contribution in [0.15, 0.2) is 0 Å². The van der Waals surface area contributed by atoms with E-state index in [9.17, 15) is 0 Å². The first kappa shape index (κ1) is 11.0. The van der Waals surface area contributed by atoms with Crippen molar-refractivity contribution in [3.8, 4) is 0 Å². The van der Waals surface area contributed by atoms with E-state index in [1.54, 1.807) is 0 Å². The molecule has 1 nitrogen and oxygen atoms in total. The van der Waals surface area contributed by atoms with Crippen LogP contribution in [-0.4, -0.2) is 6.54 Å². The summed E-state index contributed by atoms with van der Waals surface area (Å²) >= 11 is 0. The fourth-order valence-corrected chi connectivity index (χ4v) is 2.83. The normalized spacial score (nSPS) is 36.5. The van der Waals surface area contributed by atoms with Crippen molar-refractivity contribution in [2.24, 2.45) is 23.0 Å². The van der Waals surface area contributed by atoms with Gasteiger partial charge in [-0.05, 0) is 43.1 Å². The lowest BCUT2D eigenvalue weighted by Gasteiger charge is -2.30. The van der Waals surface area contributed by atoms with E-state index in [4.69, 9.17) is 5.73 Å². The van der Waals surface area contributed by atoms with Gasteiger partial charge in [0.25, 0.3) is 0 Å². The lowest BCUT2D eigenvalue weighted by molar-refractivity contribution is 0.226. The summed E-state index contributed by atoms with van der Waals surface area (Å²) in [7, 11) is 0. The van der Waals surface area contributed by atoms with Crippen molar-refractivity contribution in [2.75, 3.05) is 6.54 Å². The van der Waals surface area contributed by atoms with Gasteiger partial charge in [-0.15, -0.1) is 0 Å². The summed E-state index contributed by atoms with van der Waals surface area (Å²) in [6, 6.07) is 0. The topological polar surface area (TPSA) is 26.0 Å². The van der Waals surface area contributed by atoms with Crippen LogP contribution >= 0.6 is 0 Å². The lowest BCUT2D eigenvalue weighted by atomic mass is 9.77. The molecule has 0 amide bonds. The lowest BCUT2D eigenvalue weighted by Crippen LogP contribution is -2.29. The monoisotopic (exact) mass is 183 g/mol. The molecule has 0 radical (unpaired) electrons. The van der Waals surface area contributed by atoms with E-state index in [0.29, 0.717) is 5.41 Å². The fourth-order valence-electron chi connectivity index (χ4n) is 2.83. The Morgan fingerprint density at radius 2 is 2.23 bits per heavy atom. The minimum atomic E-state index is 0.509. The molecule has 3 atom stereocenters. The Bertz CT molecular complexity index is 155. The molecule has 13 heavy (non-hydrogen) atoms. The zero-order valence-electron chi connectivity index (χ0n) is 9.47. The summed E-state index contributed by atoms with van der Waals surface area (Å²) in [4.78, 5) is 0. The molecule has 0 saturated heterocycles. The zero-order chi connectivity index (χ0) is 9.90. The maximum absolute atomic E-state index is 5.93. The Balaban J connectivity index is 2.50. The highest BCUT2D eigenvalue weighted by Crippen LogP contribution is 2.45. The Morgan fingerprint density at radius 1 is 1.54 bits per heavy atom.